The molecule has 0 unspecified atom stereocenters. The third kappa shape index (κ3) is 4.46. The molecule has 1 aromatic carbocycles. The van der Waals surface area contributed by atoms with Crippen molar-refractivity contribution < 1.29 is 31.9 Å². The molecule has 0 amide bonds. The Kier molecular flexibility index (Phi) is 5.94. The van der Waals surface area contributed by atoms with E-state index in [1.54, 1.807) is 6.92 Å². The zero-order valence-electron chi connectivity index (χ0n) is 13.6. The van der Waals surface area contributed by atoms with Crippen molar-refractivity contribution in [1.29, 1.82) is 0 Å². The number of rotatable bonds is 7. The number of hydrogen-bond donors (Lipinski definition) is 1. The number of furan rings is 1. The summed E-state index contributed by atoms with van der Waals surface area (Å²) in [5.41, 5.74) is 0.212. The van der Waals surface area contributed by atoms with E-state index in [2.05, 4.69) is 9.46 Å². The number of hydrogen-bond acceptors (Lipinski definition) is 7. The Labute approximate surface area is 144 Å². The molecule has 25 heavy (non-hydrogen) atoms. The van der Waals surface area contributed by atoms with Gasteiger partial charge in [0, 0.05) is 6.54 Å². The smallest absolute Gasteiger partial charge is 0.341 e. The fourth-order valence-corrected chi connectivity index (χ4v) is 3.11. The molecule has 0 saturated carbocycles. The standard InChI is InChI=1S/C16H17NO7S/c1-3-17-25(20,21)12-6-4-5-11(9-12)15(18)24-10-14-13(7-8-23-14)16(19)22-2/h4-9,17H,3,10H2,1-2H3. The quantitative estimate of drug-likeness (QED) is 0.742. The normalized spacial score (nSPS) is 11.1. The van der Waals surface area contributed by atoms with E-state index in [0.29, 0.717) is 0 Å². The largest absolute Gasteiger partial charge is 0.465 e. The Morgan fingerprint density at radius 2 is 1.96 bits per heavy atom. The SMILES string of the molecule is CCNS(=O)(=O)c1cccc(C(=O)OCc2occc2C(=O)OC)c1. The Bertz CT molecular complexity index is 870. The van der Waals surface area contributed by atoms with Crippen molar-refractivity contribution >= 4 is 22.0 Å². The highest BCUT2D eigenvalue weighted by Gasteiger charge is 2.19. The zero-order chi connectivity index (χ0) is 18.4. The van der Waals surface area contributed by atoms with Gasteiger partial charge < -0.3 is 13.9 Å². The summed E-state index contributed by atoms with van der Waals surface area (Å²) in [6.45, 7) is 1.59. The molecule has 2 rings (SSSR count). The number of sulfonamides is 1. The van der Waals surface area contributed by atoms with Crippen LogP contribution in [0.1, 0.15) is 33.4 Å². The van der Waals surface area contributed by atoms with E-state index >= 15 is 0 Å². The van der Waals surface area contributed by atoms with Gasteiger partial charge in [-0.15, -0.1) is 0 Å². The summed E-state index contributed by atoms with van der Waals surface area (Å²) in [6.07, 6.45) is 1.28. The summed E-state index contributed by atoms with van der Waals surface area (Å²) in [5.74, 6) is -1.23. The van der Waals surface area contributed by atoms with Crippen LogP contribution in [0.15, 0.2) is 45.9 Å². The van der Waals surface area contributed by atoms with E-state index in [0.717, 1.165) is 0 Å². The van der Waals surface area contributed by atoms with Crippen molar-refractivity contribution in [2.24, 2.45) is 0 Å². The summed E-state index contributed by atoms with van der Waals surface area (Å²) in [6, 6.07) is 6.85. The minimum absolute atomic E-state index is 0.0444. The van der Waals surface area contributed by atoms with Crippen molar-refractivity contribution in [2.45, 2.75) is 18.4 Å². The van der Waals surface area contributed by atoms with E-state index in [9.17, 15) is 18.0 Å². The minimum Gasteiger partial charge on any atom is -0.465 e. The fourth-order valence-electron chi connectivity index (χ4n) is 2.02. The van der Waals surface area contributed by atoms with Crippen molar-refractivity contribution in [3.8, 4) is 0 Å². The molecule has 0 spiro atoms. The molecule has 0 fully saturated rings. The van der Waals surface area contributed by atoms with E-state index in [4.69, 9.17) is 9.15 Å². The van der Waals surface area contributed by atoms with Gasteiger partial charge in [0.15, 0.2) is 12.4 Å². The topological polar surface area (TPSA) is 112 Å². The predicted molar refractivity (Wildman–Crippen MR) is 86.5 cm³/mol. The van der Waals surface area contributed by atoms with Gasteiger partial charge in [0.2, 0.25) is 10.0 Å². The average molecular weight is 367 g/mol. The van der Waals surface area contributed by atoms with E-state index in [-0.39, 0.29) is 34.9 Å². The van der Waals surface area contributed by atoms with E-state index in [1.807, 2.05) is 0 Å². The van der Waals surface area contributed by atoms with Gasteiger partial charge in [-0.25, -0.2) is 22.7 Å². The lowest BCUT2D eigenvalue weighted by Crippen LogP contribution is -2.23. The molecule has 1 N–H and O–H groups in total. The summed E-state index contributed by atoms with van der Waals surface area (Å²) < 4.78 is 41.1. The lowest BCUT2D eigenvalue weighted by Gasteiger charge is -2.07. The molecule has 0 radical (unpaired) electrons. The molecule has 0 aliphatic rings. The molecule has 0 aliphatic heterocycles. The molecular weight excluding hydrogens is 350 g/mol. The fraction of sp³-hybridized carbons (Fsp3) is 0.250. The number of esters is 2. The zero-order valence-corrected chi connectivity index (χ0v) is 14.5. The number of carbonyl (C=O) groups is 2. The third-order valence-electron chi connectivity index (χ3n) is 3.20. The summed E-state index contributed by atoms with van der Waals surface area (Å²) in [7, 11) is -2.46. The molecule has 0 atom stereocenters. The van der Waals surface area contributed by atoms with Crippen LogP contribution in [-0.4, -0.2) is 34.0 Å². The number of carbonyl (C=O) groups excluding carboxylic acids is 2. The van der Waals surface area contributed by atoms with E-state index < -0.39 is 22.0 Å². The number of ether oxygens (including phenoxy) is 2. The van der Waals surface area contributed by atoms with Crippen molar-refractivity contribution in [3.05, 3.63) is 53.5 Å². The number of methoxy groups -OCH3 is 1. The maximum Gasteiger partial charge on any atom is 0.341 e. The first-order valence-corrected chi connectivity index (χ1v) is 8.79. The molecular formula is C16H17NO7S. The lowest BCUT2D eigenvalue weighted by atomic mass is 10.2. The van der Waals surface area contributed by atoms with Gasteiger partial charge in [-0.1, -0.05) is 13.0 Å². The highest BCUT2D eigenvalue weighted by Crippen LogP contribution is 2.16. The Hall–Kier alpha value is -2.65. The van der Waals surface area contributed by atoms with Gasteiger partial charge >= 0.3 is 11.9 Å². The minimum atomic E-state index is -3.68. The Morgan fingerprint density at radius 3 is 2.64 bits per heavy atom. The second-order valence-corrected chi connectivity index (χ2v) is 6.62. The third-order valence-corrected chi connectivity index (χ3v) is 4.74. The Morgan fingerprint density at radius 1 is 1.20 bits per heavy atom. The molecule has 9 heteroatoms. The monoisotopic (exact) mass is 367 g/mol. The van der Waals surface area contributed by atoms with Crippen LogP contribution in [0.3, 0.4) is 0 Å². The Balaban J connectivity index is 2.12. The van der Waals surface area contributed by atoms with Gasteiger partial charge in [0.25, 0.3) is 0 Å². The molecule has 134 valence electrons. The average Bonchev–Trinajstić information content (AvgIpc) is 3.07. The van der Waals surface area contributed by atoms with Gasteiger partial charge in [-0.05, 0) is 24.3 Å². The molecule has 8 nitrogen and oxygen atoms in total. The molecule has 0 saturated heterocycles. The summed E-state index contributed by atoms with van der Waals surface area (Å²) in [4.78, 5) is 23.6. The van der Waals surface area contributed by atoms with Crippen molar-refractivity contribution in [2.75, 3.05) is 13.7 Å². The number of nitrogens with one attached hydrogen (secondary N) is 1. The van der Waals surface area contributed by atoms with Crippen LogP contribution >= 0.6 is 0 Å². The first-order valence-electron chi connectivity index (χ1n) is 7.30. The molecule has 1 aromatic heterocycles. The highest BCUT2D eigenvalue weighted by atomic mass is 32.2. The van der Waals surface area contributed by atoms with E-state index in [1.165, 1.54) is 43.7 Å². The molecule has 2 aromatic rings. The number of benzene rings is 1. The first kappa shape index (κ1) is 18.7. The van der Waals surface area contributed by atoms with Gasteiger partial charge in [0.1, 0.15) is 5.56 Å². The molecule has 0 aliphatic carbocycles. The predicted octanol–water partition coefficient (Wildman–Crippen LogP) is 1.72. The maximum atomic E-state index is 12.1. The van der Waals surface area contributed by atoms with Gasteiger partial charge in [-0.2, -0.15) is 0 Å². The van der Waals surface area contributed by atoms with Crippen LogP contribution in [0, 0.1) is 0 Å². The van der Waals surface area contributed by atoms with Crippen LogP contribution in [0.4, 0.5) is 0 Å². The van der Waals surface area contributed by atoms with Crippen LogP contribution in [0.2, 0.25) is 0 Å². The molecule has 0 bridgehead atoms. The van der Waals surface area contributed by atoms with Crippen LogP contribution < -0.4 is 4.72 Å². The van der Waals surface area contributed by atoms with Crippen LogP contribution in [0.5, 0.6) is 0 Å². The highest BCUT2D eigenvalue weighted by molar-refractivity contribution is 7.89. The molecule has 1 heterocycles. The maximum absolute atomic E-state index is 12.1. The summed E-state index contributed by atoms with van der Waals surface area (Å²) >= 11 is 0. The van der Waals surface area contributed by atoms with Gasteiger partial charge in [0.05, 0.1) is 23.8 Å². The van der Waals surface area contributed by atoms with Gasteiger partial charge in [-0.3, -0.25) is 0 Å². The van der Waals surface area contributed by atoms with Crippen molar-refractivity contribution in [1.82, 2.24) is 4.72 Å². The van der Waals surface area contributed by atoms with Crippen molar-refractivity contribution in [3.63, 3.8) is 0 Å². The van der Waals surface area contributed by atoms with Crippen LogP contribution in [-0.2, 0) is 26.1 Å². The lowest BCUT2D eigenvalue weighted by molar-refractivity contribution is 0.0432. The summed E-state index contributed by atoms with van der Waals surface area (Å²) in [5, 5.41) is 0. The van der Waals surface area contributed by atoms with Crippen LogP contribution in [0.25, 0.3) is 0 Å². The first-order chi connectivity index (χ1) is 11.9. The second kappa shape index (κ2) is 7.95. The second-order valence-electron chi connectivity index (χ2n) is 4.85.